The van der Waals surface area contributed by atoms with E-state index in [1.165, 1.54) is 31.4 Å². The second-order valence-corrected chi connectivity index (χ2v) is 8.53. The molecule has 0 N–H and O–H groups in total. The molecular weight excluding hydrogens is 414 g/mol. The van der Waals surface area contributed by atoms with Crippen molar-refractivity contribution in [1.82, 2.24) is 0 Å². The van der Waals surface area contributed by atoms with E-state index < -0.39 is 0 Å². The minimum atomic E-state index is -0.254. The van der Waals surface area contributed by atoms with Crippen molar-refractivity contribution in [3.05, 3.63) is 102 Å². The molecule has 170 valence electrons. The third-order valence-electron chi connectivity index (χ3n) is 6.08. The molecule has 0 amide bonds. The molecule has 0 aliphatic heterocycles. The molecule has 3 heteroatoms. The van der Waals surface area contributed by atoms with Gasteiger partial charge in [-0.05, 0) is 77.2 Å². The van der Waals surface area contributed by atoms with Gasteiger partial charge >= 0.3 is 0 Å². The number of ether oxygens (including phenoxy) is 1. The fourth-order valence-electron chi connectivity index (χ4n) is 4.10. The van der Waals surface area contributed by atoms with E-state index in [4.69, 9.17) is 4.74 Å². The third-order valence-corrected chi connectivity index (χ3v) is 6.08. The summed E-state index contributed by atoms with van der Waals surface area (Å²) in [6, 6.07) is 24.2. The second kappa shape index (κ2) is 11.1. The lowest BCUT2D eigenvalue weighted by atomic mass is 9.97. The number of aryl methyl sites for hydroxylation is 2. The first-order valence-electron chi connectivity index (χ1n) is 11.8. The predicted molar refractivity (Wildman–Crippen MR) is 133 cm³/mol. The maximum absolute atomic E-state index is 15.1. The number of hydrogen-bond donors (Lipinski definition) is 0. The molecule has 0 radical (unpaired) electrons. The summed E-state index contributed by atoms with van der Waals surface area (Å²) in [5.74, 6) is 0.455. The van der Waals surface area contributed by atoms with Gasteiger partial charge < -0.3 is 4.74 Å². The SMILES string of the molecule is CCCCCCOc1ccc(-c2ccc3c(F)c(CCc4ccc(F)cc4)ccc3c2)cc1. The molecule has 0 spiro atoms. The normalized spacial score (nSPS) is 11.1. The zero-order valence-corrected chi connectivity index (χ0v) is 19.1. The van der Waals surface area contributed by atoms with E-state index in [2.05, 4.69) is 19.1 Å². The van der Waals surface area contributed by atoms with Crippen LogP contribution in [-0.2, 0) is 12.8 Å². The summed E-state index contributed by atoms with van der Waals surface area (Å²) in [6.07, 6.45) is 6.01. The van der Waals surface area contributed by atoms with Crippen LogP contribution in [0.15, 0.2) is 78.9 Å². The highest BCUT2D eigenvalue weighted by Gasteiger charge is 2.09. The van der Waals surface area contributed by atoms with Crippen LogP contribution in [0.1, 0.15) is 43.7 Å². The quantitative estimate of drug-likeness (QED) is 0.223. The van der Waals surface area contributed by atoms with Gasteiger partial charge in [0.25, 0.3) is 0 Å². The van der Waals surface area contributed by atoms with Gasteiger partial charge in [0, 0.05) is 5.39 Å². The Morgan fingerprint density at radius 3 is 2.21 bits per heavy atom. The Kier molecular flexibility index (Phi) is 7.72. The first-order chi connectivity index (χ1) is 16.1. The van der Waals surface area contributed by atoms with Crippen molar-refractivity contribution in [2.24, 2.45) is 0 Å². The van der Waals surface area contributed by atoms with E-state index in [0.717, 1.165) is 40.9 Å². The van der Waals surface area contributed by atoms with Crippen LogP contribution in [0.5, 0.6) is 5.75 Å². The zero-order valence-electron chi connectivity index (χ0n) is 19.1. The zero-order chi connectivity index (χ0) is 23.0. The molecule has 0 aromatic heterocycles. The smallest absolute Gasteiger partial charge is 0.134 e. The molecule has 1 nitrogen and oxygen atoms in total. The minimum absolute atomic E-state index is 0.173. The summed E-state index contributed by atoms with van der Waals surface area (Å²) >= 11 is 0. The molecule has 4 aromatic rings. The van der Waals surface area contributed by atoms with Crippen LogP contribution in [0, 0.1) is 11.6 Å². The van der Waals surface area contributed by atoms with Crippen molar-refractivity contribution in [2.45, 2.75) is 45.4 Å². The van der Waals surface area contributed by atoms with Crippen molar-refractivity contribution in [1.29, 1.82) is 0 Å². The minimum Gasteiger partial charge on any atom is -0.494 e. The lowest BCUT2D eigenvalue weighted by Gasteiger charge is -2.10. The van der Waals surface area contributed by atoms with Crippen LogP contribution >= 0.6 is 0 Å². The summed E-state index contributed by atoms with van der Waals surface area (Å²) in [5.41, 5.74) is 3.81. The monoisotopic (exact) mass is 444 g/mol. The number of benzene rings is 4. The number of hydrogen-bond acceptors (Lipinski definition) is 1. The topological polar surface area (TPSA) is 9.23 Å². The summed E-state index contributed by atoms with van der Waals surface area (Å²) in [4.78, 5) is 0. The van der Waals surface area contributed by atoms with Gasteiger partial charge in [-0.15, -0.1) is 0 Å². The predicted octanol–water partition coefficient (Wildman–Crippen LogP) is 8.53. The Morgan fingerprint density at radius 2 is 1.45 bits per heavy atom. The van der Waals surface area contributed by atoms with Crippen LogP contribution in [0.25, 0.3) is 21.9 Å². The number of halogens is 2. The highest BCUT2D eigenvalue weighted by molar-refractivity contribution is 5.88. The van der Waals surface area contributed by atoms with Crippen LogP contribution in [-0.4, -0.2) is 6.61 Å². The van der Waals surface area contributed by atoms with Gasteiger partial charge in [-0.1, -0.05) is 74.7 Å². The lowest BCUT2D eigenvalue weighted by molar-refractivity contribution is 0.305. The van der Waals surface area contributed by atoms with Crippen LogP contribution < -0.4 is 4.74 Å². The fourth-order valence-corrected chi connectivity index (χ4v) is 4.10. The summed E-state index contributed by atoms with van der Waals surface area (Å²) in [7, 11) is 0. The van der Waals surface area contributed by atoms with Crippen molar-refractivity contribution < 1.29 is 13.5 Å². The Labute approximate surface area is 195 Å². The second-order valence-electron chi connectivity index (χ2n) is 8.53. The van der Waals surface area contributed by atoms with Crippen LogP contribution in [0.2, 0.25) is 0 Å². The van der Waals surface area contributed by atoms with Crippen LogP contribution in [0.3, 0.4) is 0 Å². The molecule has 0 atom stereocenters. The molecule has 33 heavy (non-hydrogen) atoms. The van der Waals surface area contributed by atoms with Gasteiger partial charge in [0.05, 0.1) is 6.61 Å². The van der Waals surface area contributed by atoms with Crippen molar-refractivity contribution in [3.63, 3.8) is 0 Å². The van der Waals surface area contributed by atoms with E-state index in [1.54, 1.807) is 12.1 Å². The van der Waals surface area contributed by atoms with Crippen molar-refractivity contribution >= 4 is 10.8 Å². The molecule has 4 aromatic carbocycles. The first kappa shape index (κ1) is 23.0. The van der Waals surface area contributed by atoms with E-state index in [9.17, 15) is 4.39 Å². The average Bonchev–Trinajstić information content (AvgIpc) is 2.85. The summed E-state index contributed by atoms with van der Waals surface area (Å²) in [6.45, 7) is 2.95. The summed E-state index contributed by atoms with van der Waals surface area (Å²) in [5, 5.41) is 1.51. The Bertz CT molecular complexity index is 1180. The van der Waals surface area contributed by atoms with Crippen molar-refractivity contribution in [3.8, 4) is 16.9 Å². The maximum Gasteiger partial charge on any atom is 0.134 e. The largest absolute Gasteiger partial charge is 0.494 e. The molecule has 0 fully saturated rings. The number of fused-ring (bicyclic) bond motifs is 1. The number of rotatable bonds is 10. The maximum atomic E-state index is 15.1. The highest BCUT2D eigenvalue weighted by atomic mass is 19.1. The van der Waals surface area contributed by atoms with Gasteiger partial charge in [0.15, 0.2) is 0 Å². The number of unbranched alkanes of at least 4 members (excludes halogenated alkanes) is 3. The van der Waals surface area contributed by atoms with Gasteiger partial charge in [0.2, 0.25) is 0 Å². The average molecular weight is 445 g/mol. The fraction of sp³-hybridized carbons (Fsp3) is 0.267. The molecule has 0 saturated carbocycles. The van der Waals surface area contributed by atoms with Gasteiger partial charge in [0.1, 0.15) is 17.4 Å². The Balaban J connectivity index is 1.43. The van der Waals surface area contributed by atoms with Crippen LogP contribution in [0.4, 0.5) is 8.78 Å². The molecule has 0 unspecified atom stereocenters. The van der Waals surface area contributed by atoms with E-state index in [0.29, 0.717) is 23.8 Å². The molecular formula is C30H30F2O. The first-order valence-corrected chi connectivity index (χ1v) is 11.8. The Morgan fingerprint density at radius 1 is 0.697 bits per heavy atom. The van der Waals surface area contributed by atoms with E-state index >= 15 is 4.39 Å². The molecule has 0 aliphatic carbocycles. The van der Waals surface area contributed by atoms with Crippen molar-refractivity contribution in [2.75, 3.05) is 6.61 Å². The van der Waals surface area contributed by atoms with Gasteiger partial charge in [-0.2, -0.15) is 0 Å². The molecule has 0 aliphatic rings. The highest BCUT2D eigenvalue weighted by Crippen LogP contribution is 2.29. The molecule has 0 saturated heterocycles. The van der Waals surface area contributed by atoms with E-state index in [-0.39, 0.29) is 11.6 Å². The standard InChI is InChI=1S/C30H30F2O/c1-2-3-4-5-20-33-28-17-12-23(13-18-28)25-14-19-29-26(21-25)11-10-24(30(29)32)9-6-22-7-15-27(31)16-8-22/h7-8,10-19,21H,2-6,9,20H2,1H3. The molecule has 4 rings (SSSR count). The summed E-state index contributed by atoms with van der Waals surface area (Å²) < 4.78 is 34.1. The van der Waals surface area contributed by atoms with E-state index in [1.807, 2.05) is 42.5 Å². The van der Waals surface area contributed by atoms with Gasteiger partial charge in [-0.25, -0.2) is 8.78 Å². The lowest BCUT2D eigenvalue weighted by Crippen LogP contribution is -1.97. The Hall–Kier alpha value is -3.20. The molecule has 0 bridgehead atoms. The molecule has 0 heterocycles. The third kappa shape index (κ3) is 5.98. The van der Waals surface area contributed by atoms with Gasteiger partial charge in [-0.3, -0.25) is 0 Å².